The van der Waals surface area contributed by atoms with E-state index >= 15 is 0 Å². The number of nitriles is 1. The van der Waals surface area contributed by atoms with Crippen molar-refractivity contribution in [3.8, 4) is 11.8 Å². The van der Waals surface area contributed by atoms with Gasteiger partial charge in [-0.25, -0.2) is 0 Å². The van der Waals surface area contributed by atoms with E-state index in [1.807, 2.05) is 7.11 Å². The van der Waals surface area contributed by atoms with Crippen LogP contribution < -0.4 is 4.74 Å². The molecule has 0 amide bonds. The summed E-state index contributed by atoms with van der Waals surface area (Å²) < 4.78 is 11.1. The fourth-order valence-corrected chi connectivity index (χ4v) is 5.39. The molecule has 1 saturated carbocycles. The molecule has 3 rings (SSSR count). The van der Waals surface area contributed by atoms with Crippen LogP contribution in [0, 0.1) is 22.7 Å². The number of nitrogens with zero attached hydrogens (tertiary/aromatic N) is 1. The molecule has 0 heterocycles. The molecule has 1 fully saturated rings. The molecule has 3 atom stereocenters. The topological polar surface area (TPSA) is 42.2 Å². The van der Waals surface area contributed by atoms with Crippen LogP contribution in [0.4, 0.5) is 0 Å². The van der Waals surface area contributed by atoms with Crippen molar-refractivity contribution in [1.29, 1.82) is 5.26 Å². The summed E-state index contributed by atoms with van der Waals surface area (Å²) in [6.45, 7) is 5.63. The maximum Gasteiger partial charge on any atom is 0.136 e. The lowest BCUT2D eigenvalue weighted by atomic mass is 9.50. The van der Waals surface area contributed by atoms with Crippen molar-refractivity contribution in [2.24, 2.45) is 11.3 Å². The summed E-state index contributed by atoms with van der Waals surface area (Å²) in [5.74, 6) is 1.33. The van der Waals surface area contributed by atoms with Gasteiger partial charge in [0.2, 0.25) is 0 Å². The van der Waals surface area contributed by atoms with Crippen LogP contribution in [0.25, 0.3) is 0 Å². The molecule has 3 heteroatoms. The number of hydrogen-bond acceptors (Lipinski definition) is 3. The van der Waals surface area contributed by atoms with E-state index in [0.29, 0.717) is 17.2 Å². The molecule has 124 valence electrons. The maximum absolute atomic E-state index is 9.35. The van der Waals surface area contributed by atoms with Crippen LogP contribution >= 0.6 is 0 Å². The summed E-state index contributed by atoms with van der Waals surface area (Å²) in [7, 11) is 3.47. The van der Waals surface area contributed by atoms with E-state index in [9.17, 15) is 5.26 Å². The normalized spacial score (nSPS) is 32.6. The zero-order chi connectivity index (χ0) is 16.7. The van der Waals surface area contributed by atoms with Crippen molar-refractivity contribution < 1.29 is 9.47 Å². The lowest BCUT2D eigenvalue weighted by molar-refractivity contribution is -0.0325. The van der Waals surface area contributed by atoms with Crippen molar-refractivity contribution in [2.75, 3.05) is 20.8 Å². The van der Waals surface area contributed by atoms with Gasteiger partial charge in [0.15, 0.2) is 0 Å². The molecule has 3 nitrogen and oxygen atoms in total. The van der Waals surface area contributed by atoms with Crippen molar-refractivity contribution in [2.45, 2.75) is 51.4 Å². The molecule has 0 radical (unpaired) electrons. The smallest absolute Gasteiger partial charge is 0.136 e. The standard InChI is InChI=1S/C20H27NO2/c1-19(13-22-3)8-5-9-20(2)16-11-17(23-4)15(12-21)10-14(16)6-7-18(19)20/h10-11,18H,5-9,13H2,1-4H3/t18-,19+,20+/m0/s1. The number of ether oxygens (including phenoxy) is 2. The quantitative estimate of drug-likeness (QED) is 0.839. The Hall–Kier alpha value is -1.53. The summed E-state index contributed by atoms with van der Waals surface area (Å²) in [6, 6.07) is 6.46. The van der Waals surface area contributed by atoms with Gasteiger partial charge in [-0.15, -0.1) is 0 Å². The Balaban J connectivity index is 2.10. The number of aryl methyl sites for hydroxylation is 1. The Morgan fingerprint density at radius 2 is 2.04 bits per heavy atom. The van der Waals surface area contributed by atoms with Gasteiger partial charge in [-0.05, 0) is 65.7 Å². The maximum atomic E-state index is 9.35. The lowest BCUT2D eigenvalue weighted by Gasteiger charge is -2.55. The van der Waals surface area contributed by atoms with Crippen LogP contribution in [-0.4, -0.2) is 20.8 Å². The van der Waals surface area contributed by atoms with E-state index in [0.717, 1.165) is 13.0 Å². The van der Waals surface area contributed by atoms with E-state index in [-0.39, 0.29) is 10.8 Å². The van der Waals surface area contributed by atoms with Crippen molar-refractivity contribution in [3.63, 3.8) is 0 Å². The first kappa shape index (κ1) is 16.3. The number of methoxy groups -OCH3 is 2. The van der Waals surface area contributed by atoms with E-state index in [1.54, 1.807) is 7.11 Å². The molecular formula is C20H27NO2. The fraction of sp³-hybridized carbons (Fsp3) is 0.650. The molecule has 0 aromatic heterocycles. The summed E-state index contributed by atoms with van der Waals surface area (Å²) in [5.41, 5.74) is 3.78. The third-order valence-corrected chi connectivity index (χ3v) is 6.39. The molecule has 0 aliphatic heterocycles. The average Bonchev–Trinajstić information content (AvgIpc) is 2.53. The largest absolute Gasteiger partial charge is 0.495 e. The number of hydrogen-bond donors (Lipinski definition) is 0. The highest BCUT2D eigenvalue weighted by Crippen LogP contribution is 2.57. The molecule has 0 bridgehead atoms. The molecule has 0 unspecified atom stereocenters. The first-order chi connectivity index (χ1) is 11.0. The zero-order valence-corrected chi connectivity index (χ0v) is 14.7. The summed E-state index contributed by atoms with van der Waals surface area (Å²) >= 11 is 0. The number of benzene rings is 1. The van der Waals surface area contributed by atoms with Gasteiger partial charge in [-0.2, -0.15) is 5.26 Å². The second kappa shape index (κ2) is 5.83. The van der Waals surface area contributed by atoms with Crippen molar-refractivity contribution >= 4 is 0 Å². The molecule has 1 aromatic carbocycles. The van der Waals surface area contributed by atoms with Gasteiger partial charge in [0.1, 0.15) is 11.8 Å². The van der Waals surface area contributed by atoms with Gasteiger partial charge in [0.05, 0.1) is 19.3 Å². The molecule has 23 heavy (non-hydrogen) atoms. The van der Waals surface area contributed by atoms with E-state index in [2.05, 4.69) is 32.0 Å². The van der Waals surface area contributed by atoms with Crippen LogP contribution in [0.5, 0.6) is 5.75 Å². The third-order valence-electron chi connectivity index (χ3n) is 6.39. The first-order valence-corrected chi connectivity index (χ1v) is 8.59. The second-order valence-corrected chi connectivity index (χ2v) is 7.77. The van der Waals surface area contributed by atoms with E-state index in [4.69, 9.17) is 9.47 Å². The molecule has 0 saturated heterocycles. The van der Waals surface area contributed by atoms with Crippen LogP contribution in [0.2, 0.25) is 0 Å². The van der Waals surface area contributed by atoms with E-state index in [1.165, 1.54) is 36.8 Å². The van der Waals surface area contributed by atoms with Crippen LogP contribution in [-0.2, 0) is 16.6 Å². The molecule has 0 spiro atoms. The Morgan fingerprint density at radius 3 is 2.70 bits per heavy atom. The van der Waals surface area contributed by atoms with Crippen molar-refractivity contribution in [1.82, 2.24) is 0 Å². The second-order valence-electron chi connectivity index (χ2n) is 7.77. The predicted molar refractivity (Wildman–Crippen MR) is 90.7 cm³/mol. The number of rotatable bonds is 3. The Morgan fingerprint density at radius 1 is 1.26 bits per heavy atom. The van der Waals surface area contributed by atoms with Gasteiger partial charge in [-0.1, -0.05) is 20.3 Å². The van der Waals surface area contributed by atoms with Gasteiger partial charge in [0, 0.05) is 7.11 Å². The van der Waals surface area contributed by atoms with Gasteiger partial charge in [-0.3, -0.25) is 0 Å². The lowest BCUT2D eigenvalue weighted by Crippen LogP contribution is -2.50. The van der Waals surface area contributed by atoms with Crippen LogP contribution in [0.1, 0.15) is 56.2 Å². The summed E-state index contributed by atoms with van der Waals surface area (Å²) in [5, 5.41) is 9.35. The Labute approximate surface area is 139 Å². The highest BCUT2D eigenvalue weighted by atomic mass is 16.5. The van der Waals surface area contributed by atoms with Crippen LogP contribution in [0.15, 0.2) is 12.1 Å². The van der Waals surface area contributed by atoms with Gasteiger partial charge < -0.3 is 9.47 Å². The minimum atomic E-state index is 0.153. The Kier molecular flexibility index (Phi) is 4.14. The molecule has 0 N–H and O–H groups in total. The van der Waals surface area contributed by atoms with Gasteiger partial charge in [0.25, 0.3) is 0 Å². The Bertz CT molecular complexity index is 644. The zero-order valence-electron chi connectivity index (χ0n) is 14.7. The first-order valence-electron chi connectivity index (χ1n) is 8.59. The number of fused-ring (bicyclic) bond motifs is 3. The molecule has 2 aliphatic rings. The SMILES string of the molecule is COC[C@@]1(C)CCC[C@]2(C)c3cc(OC)c(C#N)cc3CC[C@@H]12. The highest BCUT2D eigenvalue weighted by molar-refractivity contribution is 5.52. The summed E-state index contributed by atoms with van der Waals surface area (Å²) in [6.07, 6.45) is 5.91. The molecule has 1 aromatic rings. The molecule has 2 aliphatic carbocycles. The fourth-order valence-electron chi connectivity index (χ4n) is 5.39. The highest BCUT2D eigenvalue weighted by Gasteiger charge is 2.51. The van der Waals surface area contributed by atoms with Gasteiger partial charge >= 0.3 is 0 Å². The predicted octanol–water partition coefficient (Wildman–Crippen LogP) is 4.22. The third kappa shape index (κ3) is 2.44. The molecular weight excluding hydrogens is 286 g/mol. The van der Waals surface area contributed by atoms with Crippen LogP contribution in [0.3, 0.4) is 0 Å². The average molecular weight is 313 g/mol. The minimum absolute atomic E-state index is 0.153. The summed E-state index contributed by atoms with van der Waals surface area (Å²) in [4.78, 5) is 0. The van der Waals surface area contributed by atoms with Crippen molar-refractivity contribution in [3.05, 3.63) is 28.8 Å². The monoisotopic (exact) mass is 313 g/mol. The minimum Gasteiger partial charge on any atom is -0.495 e. The van der Waals surface area contributed by atoms with E-state index < -0.39 is 0 Å².